The monoisotopic (exact) mass is 235 g/mol. The van der Waals surface area contributed by atoms with Crippen molar-refractivity contribution >= 4 is 5.91 Å². The highest BCUT2D eigenvalue weighted by atomic mass is 16.3. The first kappa shape index (κ1) is 11.9. The molecule has 1 aromatic carbocycles. The van der Waals surface area contributed by atoms with Crippen molar-refractivity contribution in [2.75, 3.05) is 13.1 Å². The Morgan fingerprint density at radius 1 is 1.47 bits per heavy atom. The van der Waals surface area contributed by atoms with Gasteiger partial charge >= 0.3 is 0 Å². The second kappa shape index (κ2) is 4.75. The van der Waals surface area contributed by atoms with Crippen LogP contribution in [0.15, 0.2) is 18.2 Å². The van der Waals surface area contributed by atoms with E-state index in [1.807, 2.05) is 6.92 Å². The van der Waals surface area contributed by atoms with Crippen LogP contribution in [0.1, 0.15) is 28.8 Å². The number of hydrogen-bond donors (Lipinski definition) is 2. The predicted molar refractivity (Wildman–Crippen MR) is 64.0 cm³/mol. The summed E-state index contributed by atoms with van der Waals surface area (Å²) in [5.41, 5.74) is 1.22. The first-order chi connectivity index (χ1) is 8.08. The number of amides is 1. The summed E-state index contributed by atoms with van der Waals surface area (Å²) in [4.78, 5) is 13.7. The van der Waals surface area contributed by atoms with Crippen LogP contribution in [0, 0.1) is 6.92 Å². The van der Waals surface area contributed by atoms with Crippen LogP contribution in [-0.4, -0.2) is 40.2 Å². The van der Waals surface area contributed by atoms with Crippen molar-refractivity contribution < 1.29 is 15.0 Å². The van der Waals surface area contributed by atoms with E-state index in [2.05, 4.69) is 0 Å². The molecule has 92 valence electrons. The van der Waals surface area contributed by atoms with Gasteiger partial charge in [0.2, 0.25) is 0 Å². The summed E-state index contributed by atoms with van der Waals surface area (Å²) in [6.07, 6.45) is 1.10. The van der Waals surface area contributed by atoms with Crippen LogP contribution < -0.4 is 0 Å². The van der Waals surface area contributed by atoms with Crippen molar-refractivity contribution in [3.8, 4) is 5.75 Å². The van der Waals surface area contributed by atoms with Crippen LogP contribution >= 0.6 is 0 Å². The first-order valence-electron chi connectivity index (χ1n) is 5.85. The number of aryl methyl sites for hydroxylation is 1. The van der Waals surface area contributed by atoms with E-state index in [9.17, 15) is 15.0 Å². The van der Waals surface area contributed by atoms with E-state index in [1.165, 1.54) is 0 Å². The Bertz CT molecular complexity index is 431. The Labute approximate surface area is 100 Å². The maximum atomic E-state index is 12.1. The van der Waals surface area contributed by atoms with Crippen LogP contribution in [0.2, 0.25) is 0 Å². The summed E-state index contributed by atoms with van der Waals surface area (Å²) in [6, 6.07) is 5.01. The van der Waals surface area contributed by atoms with Gasteiger partial charge in [0.15, 0.2) is 0 Å². The number of carbonyl (C=O) groups excluding carboxylic acids is 1. The number of aliphatic hydroxyl groups is 1. The number of carbonyl (C=O) groups is 1. The third kappa shape index (κ3) is 2.58. The van der Waals surface area contributed by atoms with Gasteiger partial charge in [-0.2, -0.15) is 0 Å². The molecule has 1 aliphatic heterocycles. The number of phenolic OH excluding ortho intramolecular Hbond substituents is 1. The van der Waals surface area contributed by atoms with Crippen molar-refractivity contribution in [1.82, 2.24) is 4.90 Å². The number of aromatic hydroxyl groups is 1. The van der Waals surface area contributed by atoms with Crippen LogP contribution in [0.3, 0.4) is 0 Å². The van der Waals surface area contributed by atoms with Gasteiger partial charge in [0.05, 0.1) is 11.7 Å². The molecular formula is C13H17NO3. The lowest BCUT2D eigenvalue weighted by Gasteiger charge is -2.30. The first-order valence-corrected chi connectivity index (χ1v) is 5.85. The molecule has 4 nitrogen and oxygen atoms in total. The molecule has 0 saturated carbocycles. The molecule has 2 N–H and O–H groups in total. The normalized spacial score (nSPS) is 20.4. The van der Waals surface area contributed by atoms with Crippen LogP contribution in [-0.2, 0) is 0 Å². The maximum Gasteiger partial charge on any atom is 0.257 e. The highest BCUT2D eigenvalue weighted by molar-refractivity contribution is 5.97. The smallest absolute Gasteiger partial charge is 0.257 e. The van der Waals surface area contributed by atoms with E-state index in [4.69, 9.17) is 0 Å². The van der Waals surface area contributed by atoms with Gasteiger partial charge in [-0.15, -0.1) is 0 Å². The van der Waals surface area contributed by atoms with E-state index in [0.29, 0.717) is 18.7 Å². The Balaban J connectivity index is 2.18. The molecule has 1 heterocycles. The molecule has 1 fully saturated rings. The molecule has 0 unspecified atom stereocenters. The van der Waals surface area contributed by atoms with Crippen molar-refractivity contribution in [3.05, 3.63) is 29.3 Å². The van der Waals surface area contributed by atoms with Gasteiger partial charge in [-0.3, -0.25) is 4.79 Å². The Morgan fingerprint density at radius 3 is 2.88 bits per heavy atom. The molecule has 2 rings (SSSR count). The molecule has 0 aromatic heterocycles. The zero-order valence-electron chi connectivity index (χ0n) is 9.89. The molecule has 4 heteroatoms. The average Bonchev–Trinajstić information content (AvgIpc) is 2.28. The molecule has 0 spiro atoms. The molecule has 0 radical (unpaired) electrons. The van der Waals surface area contributed by atoms with Crippen LogP contribution in [0.5, 0.6) is 5.75 Å². The molecule has 1 atom stereocenters. The van der Waals surface area contributed by atoms with Crippen LogP contribution in [0.4, 0.5) is 0 Å². The molecule has 1 aromatic rings. The number of benzene rings is 1. The summed E-state index contributed by atoms with van der Waals surface area (Å²) in [6.45, 7) is 2.86. The maximum absolute atomic E-state index is 12.1. The van der Waals surface area contributed by atoms with Gasteiger partial charge in [-0.1, -0.05) is 6.07 Å². The molecule has 1 saturated heterocycles. The lowest BCUT2D eigenvalue weighted by atomic mass is 10.1. The zero-order chi connectivity index (χ0) is 12.4. The molecular weight excluding hydrogens is 218 g/mol. The van der Waals surface area contributed by atoms with Crippen LogP contribution in [0.25, 0.3) is 0 Å². The summed E-state index contributed by atoms with van der Waals surface area (Å²) < 4.78 is 0. The lowest BCUT2D eigenvalue weighted by molar-refractivity contribution is 0.0471. The quantitative estimate of drug-likeness (QED) is 0.771. The van der Waals surface area contributed by atoms with E-state index in [-0.39, 0.29) is 11.7 Å². The summed E-state index contributed by atoms with van der Waals surface area (Å²) in [5.74, 6) is -0.198. The average molecular weight is 235 g/mol. The summed E-state index contributed by atoms with van der Waals surface area (Å²) >= 11 is 0. The fourth-order valence-corrected chi connectivity index (χ4v) is 2.13. The van der Waals surface area contributed by atoms with Gasteiger partial charge in [-0.05, 0) is 37.5 Å². The summed E-state index contributed by atoms with van der Waals surface area (Å²) in [7, 11) is 0. The Morgan fingerprint density at radius 2 is 2.24 bits per heavy atom. The van der Waals surface area contributed by atoms with E-state index < -0.39 is 6.10 Å². The van der Waals surface area contributed by atoms with Crippen molar-refractivity contribution in [3.63, 3.8) is 0 Å². The topological polar surface area (TPSA) is 60.8 Å². The van der Waals surface area contributed by atoms with E-state index in [0.717, 1.165) is 18.4 Å². The minimum Gasteiger partial charge on any atom is -0.507 e. The van der Waals surface area contributed by atoms with Gasteiger partial charge in [0, 0.05) is 13.1 Å². The number of hydrogen-bond acceptors (Lipinski definition) is 3. The fraction of sp³-hybridized carbons (Fsp3) is 0.462. The van der Waals surface area contributed by atoms with Gasteiger partial charge < -0.3 is 15.1 Å². The molecule has 1 amide bonds. The minimum atomic E-state index is -0.444. The van der Waals surface area contributed by atoms with Crippen molar-refractivity contribution in [2.45, 2.75) is 25.9 Å². The number of likely N-dealkylation sites (tertiary alicyclic amines) is 1. The third-order valence-corrected chi connectivity index (χ3v) is 3.07. The second-order valence-corrected chi connectivity index (χ2v) is 4.57. The van der Waals surface area contributed by atoms with Gasteiger partial charge in [0.1, 0.15) is 5.75 Å². The standard InChI is InChI=1S/C13H17NO3/c1-9-4-5-11(12(16)7-9)13(17)14-6-2-3-10(15)8-14/h4-5,7,10,15-16H,2-3,6,8H2,1H3/t10-/m0/s1. The van der Waals surface area contributed by atoms with E-state index in [1.54, 1.807) is 23.1 Å². The molecule has 0 bridgehead atoms. The molecule has 0 aliphatic carbocycles. The number of rotatable bonds is 1. The Hall–Kier alpha value is -1.55. The summed E-state index contributed by atoms with van der Waals surface area (Å²) in [5, 5.41) is 19.3. The Kier molecular flexibility index (Phi) is 3.33. The van der Waals surface area contributed by atoms with Gasteiger partial charge in [0.25, 0.3) is 5.91 Å². The SMILES string of the molecule is Cc1ccc(C(=O)N2CCC[C@H](O)C2)c(O)c1. The second-order valence-electron chi connectivity index (χ2n) is 4.57. The minimum absolute atomic E-state index is 0.00932. The fourth-order valence-electron chi connectivity index (χ4n) is 2.13. The van der Waals surface area contributed by atoms with Gasteiger partial charge in [-0.25, -0.2) is 0 Å². The number of piperidine rings is 1. The number of aliphatic hydroxyl groups excluding tert-OH is 1. The van der Waals surface area contributed by atoms with Crippen molar-refractivity contribution in [1.29, 1.82) is 0 Å². The van der Waals surface area contributed by atoms with Crippen molar-refractivity contribution in [2.24, 2.45) is 0 Å². The largest absolute Gasteiger partial charge is 0.507 e. The number of nitrogens with zero attached hydrogens (tertiary/aromatic N) is 1. The number of β-amino-alcohol motifs (C(OH)–C–C–N with tert-alkyl or cyclic N) is 1. The lowest BCUT2D eigenvalue weighted by Crippen LogP contribution is -2.42. The highest BCUT2D eigenvalue weighted by Gasteiger charge is 2.24. The predicted octanol–water partition coefficient (Wildman–Crippen LogP) is 1.30. The molecule has 1 aliphatic rings. The number of phenols is 1. The third-order valence-electron chi connectivity index (χ3n) is 3.07. The molecule has 17 heavy (non-hydrogen) atoms. The van der Waals surface area contributed by atoms with E-state index >= 15 is 0 Å². The highest BCUT2D eigenvalue weighted by Crippen LogP contribution is 2.22. The zero-order valence-corrected chi connectivity index (χ0v) is 9.89.